The van der Waals surface area contributed by atoms with Crippen LogP contribution in [-0.4, -0.2) is 56.2 Å². The number of ether oxygens (including phenoxy) is 2. The smallest absolute Gasteiger partial charge is 0.305 e. The van der Waals surface area contributed by atoms with Crippen molar-refractivity contribution >= 4 is 11.9 Å². The predicted molar refractivity (Wildman–Crippen MR) is 112 cm³/mol. The molecule has 29 heavy (non-hydrogen) atoms. The number of esters is 1. The van der Waals surface area contributed by atoms with Crippen molar-refractivity contribution in [2.45, 2.75) is 58.2 Å². The number of aliphatic imine (C=N–C) groups is 1. The second kappa shape index (κ2) is 12.4. The summed E-state index contributed by atoms with van der Waals surface area (Å²) in [6.07, 6.45) is 4.31. The molecule has 0 spiro atoms. The zero-order chi connectivity index (χ0) is 21.1. The normalized spacial score (nSPS) is 19.9. The van der Waals surface area contributed by atoms with Gasteiger partial charge in [-0.05, 0) is 44.4 Å². The number of benzene rings is 1. The summed E-state index contributed by atoms with van der Waals surface area (Å²) in [6, 6.07) is 6.52. The van der Waals surface area contributed by atoms with E-state index in [0.29, 0.717) is 13.0 Å². The molecule has 1 fully saturated rings. The fourth-order valence-corrected chi connectivity index (χ4v) is 3.43. The van der Waals surface area contributed by atoms with Crippen LogP contribution in [0.2, 0.25) is 0 Å². The summed E-state index contributed by atoms with van der Waals surface area (Å²) in [5, 5.41) is 3.38. The lowest BCUT2D eigenvalue weighted by Gasteiger charge is -2.38. The van der Waals surface area contributed by atoms with Crippen LogP contribution in [0.1, 0.15) is 57.6 Å². The van der Waals surface area contributed by atoms with Crippen LogP contribution in [0.25, 0.3) is 0 Å². The van der Waals surface area contributed by atoms with E-state index in [1.54, 1.807) is 12.1 Å². The third-order valence-electron chi connectivity index (χ3n) is 4.91. The average molecular weight is 408 g/mol. The first-order valence-electron chi connectivity index (χ1n) is 10.5. The van der Waals surface area contributed by atoms with Crippen LogP contribution >= 0.6 is 0 Å². The van der Waals surface area contributed by atoms with Gasteiger partial charge in [-0.25, -0.2) is 4.39 Å². The van der Waals surface area contributed by atoms with Crippen molar-refractivity contribution in [2.24, 2.45) is 4.99 Å². The summed E-state index contributed by atoms with van der Waals surface area (Å²) in [4.78, 5) is 18.1. The molecule has 7 heteroatoms. The van der Waals surface area contributed by atoms with Crippen molar-refractivity contribution in [1.82, 2.24) is 10.2 Å². The van der Waals surface area contributed by atoms with E-state index in [1.807, 2.05) is 6.92 Å². The number of carbonyl (C=O) groups excluding carboxylic acids is 1. The van der Waals surface area contributed by atoms with Crippen LogP contribution in [-0.2, 0) is 14.3 Å². The van der Waals surface area contributed by atoms with Gasteiger partial charge >= 0.3 is 5.97 Å². The quantitative estimate of drug-likeness (QED) is 0.293. The summed E-state index contributed by atoms with van der Waals surface area (Å²) in [5.74, 6) is 0.509. The van der Waals surface area contributed by atoms with E-state index in [4.69, 9.17) is 9.73 Å². The molecule has 2 rings (SSSR count). The molecule has 6 nitrogen and oxygen atoms in total. The van der Waals surface area contributed by atoms with Gasteiger partial charge in [-0.2, -0.15) is 0 Å². The molecular formula is C22H34FN3O3. The van der Waals surface area contributed by atoms with E-state index in [1.165, 1.54) is 19.2 Å². The Bertz CT molecular complexity index is 651. The van der Waals surface area contributed by atoms with Crippen molar-refractivity contribution < 1.29 is 18.7 Å². The van der Waals surface area contributed by atoms with E-state index < -0.39 is 0 Å². The van der Waals surface area contributed by atoms with Crippen LogP contribution in [0.3, 0.4) is 0 Å². The number of methoxy groups -OCH3 is 1. The maximum absolute atomic E-state index is 13.2. The molecule has 1 aliphatic rings. The third-order valence-corrected chi connectivity index (χ3v) is 4.91. The van der Waals surface area contributed by atoms with Crippen molar-refractivity contribution in [1.29, 1.82) is 0 Å². The number of nitrogens with zero attached hydrogens (tertiary/aromatic N) is 2. The van der Waals surface area contributed by atoms with Gasteiger partial charge in [0.05, 0.1) is 19.8 Å². The summed E-state index contributed by atoms with van der Waals surface area (Å²) < 4.78 is 24.0. The zero-order valence-electron chi connectivity index (χ0n) is 17.8. The number of hydrogen-bond acceptors (Lipinski definition) is 4. The summed E-state index contributed by atoms with van der Waals surface area (Å²) in [7, 11) is 1.42. The molecule has 162 valence electrons. The summed E-state index contributed by atoms with van der Waals surface area (Å²) in [6.45, 7) is 7.10. The summed E-state index contributed by atoms with van der Waals surface area (Å²) in [5.41, 5.74) is 0.976. The summed E-state index contributed by atoms with van der Waals surface area (Å²) >= 11 is 0. The number of hydrogen-bond donors (Lipinski definition) is 1. The lowest BCUT2D eigenvalue weighted by atomic mass is 10.1. The van der Waals surface area contributed by atoms with Gasteiger partial charge in [0.25, 0.3) is 0 Å². The molecule has 1 aliphatic heterocycles. The Morgan fingerprint density at radius 3 is 2.66 bits per heavy atom. The highest BCUT2D eigenvalue weighted by molar-refractivity contribution is 5.80. The number of carbonyl (C=O) groups is 1. The Labute approximate surface area is 173 Å². The van der Waals surface area contributed by atoms with E-state index in [2.05, 4.69) is 21.9 Å². The van der Waals surface area contributed by atoms with Crippen LogP contribution in [0, 0.1) is 5.82 Å². The third kappa shape index (κ3) is 8.01. The van der Waals surface area contributed by atoms with E-state index in [0.717, 1.165) is 56.8 Å². The minimum atomic E-state index is -0.240. The monoisotopic (exact) mass is 407 g/mol. The number of guanidine groups is 1. The van der Waals surface area contributed by atoms with Crippen LogP contribution in [0.5, 0.6) is 0 Å². The minimum Gasteiger partial charge on any atom is -0.469 e. The zero-order valence-corrected chi connectivity index (χ0v) is 17.8. The molecular weight excluding hydrogens is 373 g/mol. The molecule has 1 aromatic rings. The maximum Gasteiger partial charge on any atom is 0.305 e. The van der Waals surface area contributed by atoms with E-state index >= 15 is 0 Å². The van der Waals surface area contributed by atoms with Crippen LogP contribution < -0.4 is 5.32 Å². The van der Waals surface area contributed by atoms with Crippen molar-refractivity contribution in [3.05, 3.63) is 35.6 Å². The predicted octanol–water partition coefficient (Wildman–Crippen LogP) is 3.68. The van der Waals surface area contributed by atoms with Gasteiger partial charge in [0.15, 0.2) is 5.96 Å². The van der Waals surface area contributed by atoms with Gasteiger partial charge < -0.3 is 19.7 Å². The first-order valence-corrected chi connectivity index (χ1v) is 10.5. The number of morpholine rings is 1. The second-order valence-electron chi connectivity index (χ2n) is 7.37. The van der Waals surface area contributed by atoms with Crippen molar-refractivity contribution in [3.63, 3.8) is 0 Å². The molecule has 0 saturated carbocycles. The number of nitrogens with one attached hydrogen (secondary N) is 1. The molecule has 0 bridgehead atoms. The van der Waals surface area contributed by atoms with Crippen molar-refractivity contribution in [3.8, 4) is 0 Å². The molecule has 0 aliphatic carbocycles. The average Bonchev–Trinajstić information content (AvgIpc) is 2.72. The number of rotatable bonds is 9. The minimum absolute atomic E-state index is 0.0565. The molecule has 1 N–H and O–H groups in total. The van der Waals surface area contributed by atoms with Crippen molar-refractivity contribution in [2.75, 3.05) is 33.3 Å². The topological polar surface area (TPSA) is 63.2 Å². The standard InChI is InChI=1S/C22H34FN3O3/c1-4-24-22(25-14-8-6-5-7-9-21(27)28-3)26-15-17(2)29-20(16-26)18-10-12-19(23)13-11-18/h10-13,17,20H,4-9,14-16H2,1-3H3,(H,24,25). The lowest BCUT2D eigenvalue weighted by Crippen LogP contribution is -2.50. The highest BCUT2D eigenvalue weighted by Crippen LogP contribution is 2.25. The Hall–Kier alpha value is -2.15. The van der Waals surface area contributed by atoms with Crippen LogP contribution in [0.4, 0.5) is 4.39 Å². The molecule has 0 aromatic heterocycles. The Morgan fingerprint density at radius 2 is 1.97 bits per heavy atom. The Morgan fingerprint density at radius 1 is 1.24 bits per heavy atom. The SMILES string of the molecule is CCNC(=NCCCCCCC(=O)OC)N1CC(C)OC(c2ccc(F)cc2)C1. The van der Waals surface area contributed by atoms with Gasteiger partial charge in [-0.1, -0.05) is 25.0 Å². The van der Waals surface area contributed by atoms with Gasteiger partial charge in [0.1, 0.15) is 11.9 Å². The molecule has 0 radical (unpaired) electrons. The molecule has 2 unspecified atom stereocenters. The fraction of sp³-hybridized carbons (Fsp3) is 0.636. The second-order valence-corrected chi connectivity index (χ2v) is 7.37. The van der Waals surface area contributed by atoms with E-state index in [9.17, 15) is 9.18 Å². The molecule has 2 atom stereocenters. The van der Waals surface area contributed by atoms with E-state index in [-0.39, 0.29) is 24.0 Å². The van der Waals surface area contributed by atoms with Gasteiger partial charge in [-0.15, -0.1) is 0 Å². The highest BCUT2D eigenvalue weighted by atomic mass is 19.1. The Balaban J connectivity index is 1.87. The first kappa shape index (κ1) is 23.1. The molecule has 0 amide bonds. The molecule has 1 saturated heterocycles. The number of unbranched alkanes of at least 4 members (excludes halogenated alkanes) is 3. The van der Waals surface area contributed by atoms with Gasteiger partial charge in [0.2, 0.25) is 0 Å². The van der Waals surface area contributed by atoms with Gasteiger partial charge in [-0.3, -0.25) is 9.79 Å². The maximum atomic E-state index is 13.2. The fourth-order valence-electron chi connectivity index (χ4n) is 3.43. The largest absolute Gasteiger partial charge is 0.469 e. The molecule has 1 aromatic carbocycles. The number of halogens is 1. The molecule has 1 heterocycles. The Kier molecular flexibility index (Phi) is 9.91. The lowest BCUT2D eigenvalue weighted by molar-refractivity contribution is -0.140. The highest BCUT2D eigenvalue weighted by Gasteiger charge is 2.28. The van der Waals surface area contributed by atoms with Gasteiger partial charge in [0, 0.05) is 26.1 Å². The van der Waals surface area contributed by atoms with Crippen LogP contribution in [0.15, 0.2) is 29.3 Å². The first-order chi connectivity index (χ1) is 14.0.